The Morgan fingerprint density at radius 1 is 1.39 bits per heavy atom. The maximum Gasteiger partial charge on any atom is 0.203 e. The van der Waals surface area contributed by atoms with Crippen molar-refractivity contribution in [1.82, 2.24) is 19.6 Å². The number of halogens is 1. The van der Waals surface area contributed by atoms with Gasteiger partial charge in [0, 0.05) is 30.9 Å². The zero-order valence-electron chi connectivity index (χ0n) is 10.8. The molecule has 0 unspecified atom stereocenters. The van der Waals surface area contributed by atoms with Crippen molar-refractivity contribution in [2.75, 3.05) is 17.3 Å². The summed E-state index contributed by atoms with van der Waals surface area (Å²) in [5.41, 5.74) is 0.787. The Bertz CT molecular complexity index is 494. The van der Waals surface area contributed by atoms with Crippen LogP contribution in [0, 0.1) is 0 Å². The molecule has 18 heavy (non-hydrogen) atoms. The second-order valence-corrected chi connectivity index (χ2v) is 4.54. The molecule has 0 spiro atoms. The van der Waals surface area contributed by atoms with Gasteiger partial charge < -0.3 is 4.90 Å². The van der Waals surface area contributed by atoms with Crippen molar-refractivity contribution in [2.24, 2.45) is 0 Å². The first-order chi connectivity index (χ1) is 8.81. The van der Waals surface area contributed by atoms with E-state index in [1.54, 1.807) is 12.5 Å². The van der Waals surface area contributed by atoms with E-state index in [1.807, 2.05) is 10.6 Å². The topological polar surface area (TPSA) is 46.3 Å². The SMILES string of the molecule is CCC(CC)N(CCCl)c1nccn2cnnc12. The fourth-order valence-electron chi connectivity index (χ4n) is 2.23. The molecule has 0 saturated carbocycles. The Morgan fingerprint density at radius 2 is 2.17 bits per heavy atom. The molecular formula is C12H18ClN5. The summed E-state index contributed by atoms with van der Waals surface area (Å²) in [5, 5.41) is 8.07. The lowest BCUT2D eigenvalue weighted by Gasteiger charge is -2.30. The van der Waals surface area contributed by atoms with Crippen LogP contribution in [0.2, 0.25) is 0 Å². The fourth-order valence-corrected chi connectivity index (χ4v) is 2.41. The molecule has 0 aliphatic rings. The second kappa shape index (κ2) is 6.00. The van der Waals surface area contributed by atoms with Crippen LogP contribution in [-0.4, -0.2) is 38.0 Å². The van der Waals surface area contributed by atoms with Crippen LogP contribution >= 0.6 is 11.6 Å². The van der Waals surface area contributed by atoms with Crippen molar-refractivity contribution in [2.45, 2.75) is 32.7 Å². The maximum atomic E-state index is 5.92. The fraction of sp³-hybridized carbons (Fsp3) is 0.583. The van der Waals surface area contributed by atoms with Gasteiger partial charge in [-0.15, -0.1) is 21.8 Å². The molecule has 2 rings (SSSR count). The molecule has 2 aromatic heterocycles. The zero-order chi connectivity index (χ0) is 13.0. The predicted octanol–water partition coefficient (Wildman–Crippen LogP) is 2.36. The van der Waals surface area contributed by atoms with Crippen LogP contribution in [0.3, 0.4) is 0 Å². The van der Waals surface area contributed by atoms with Gasteiger partial charge in [0.05, 0.1) is 0 Å². The minimum Gasteiger partial charge on any atom is -0.349 e. The zero-order valence-corrected chi connectivity index (χ0v) is 11.5. The van der Waals surface area contributed by atoms with E-state index >= 15 is 0 Å². The summed E-state index contributed by atoms with van der Waals surface area (Å²) in [6.07, 6.45) is 7.43. The van der Waals surface area contributed by atoms with Crippen LogP contribution in [0.4, 0.5) is 5.82 Å². The quantitative estimate of drug-likeness (QED) is 0.754. The van der Waals surface area contributed by atoms with Crippen molar-refractivity contribution < 1.29 is 0 Å². The first kappa shape index (κ1) is 13.1. The number of fused-ring (bicyclic) bond motifs is 1. The van der Waals surface area contributed by atoms with Crippen LogP contribution in [0.1, 0.15) is 26.7 Å². The highest BCUT2D eigenvalue weighted by Gasteiger charge is 2.19. The second-order valence-electron chi connectivity index (χ2n) is 4.17. The minimum absolute atomic E-state index is 0.430. The van der Waals surface area contributed by atoms with Crippen molar-refractivity contribution in [3.63, 3.8) is 0 Å². The summed E-state index contributed by atoms with van der Waals surface area (Å²) in [6, 6.07) is 0.430. The van der Waals surface area contributed by atoms with Gasteiger partial charge in [-0.05, 0) is 12.8 Å². The smallest absolute Gasteiger partial charge is 0.203 e. The molecule has 0 aliphatic carbocycles. The average molecular weight is 268 g/mol. The van der Waals surface area contributed by atoms with Gasteiger partial charge in [0.25, 0.3) is 0 Å². The van der Waals surface area contributed by atoms with Crippen molar-refractivity contribution in [3.8, 4) is 0 Å². The van der Waals surface area contributed by atoms with E-state index in [1.165, 1.54) is 0 Å². The minimum atomic E-state index is 0.430. The number of rotatable bonds is 6. The standard InChI is InChI=1S/C12H18ClN5/c1-3-10(4-2)18(7-5-13)11-12-16-15-9-17(12)8-6-14-11/h6,8-10H,3-5,7H2,1-2H3. The summed E-state index contributed by atoms with van der Waals surface area (Å²) in [7, 11) is 0. The Morgan fingerprint density at radius 3 is 2.83 bits per heavy atom. The Hall–Kier alpha value is -1.36. The molecule has 0 atom stereocenters. The maximum absolute atomic E-state index is 5.92. The molecule has 0 N–H and O–H groups in total. The van der Waals surface area contributed by atoms with Gasteiger partial charge in [-0.2, -0.15) is 0 Å². The lowest BCUT2D eigenvalue weighted by molar-refractivity contribution is 0.563. The summed E-state index contributed by atoms with van der Waals surface area (Å²) in [4.78, 5) is 6.69. The van der Waals surface area contributed by atoms with Gasteiger partial charge in [0.1, 0.15) is 6.33 Å². The summed E-state index contributed by atoms with van der Waals surface area (Å²) < 4.78 is 1.88. The molecule has 0 aliphatic heterocycles. The van der Waals surface area contributed by atoms with Crippen LogP contribution in [0.5, 0.6) is 0 Å². The number of hydrogen-bond acceptors (Lipinski definition) is 4. The molecule has 0 saturated heterocycles. The number of anilines is 1. The Balaban J connectivity index is 2.43. The first-order valence-corrected chi connectivity index (χ1v) is 6.82. The average Bonchev–Trinajstić information content (AvgIpc) is 2.87. The number of aromatic nitrogens is 4. The molecule has 0 amide bonds. The molecule has 5 nitrogen and oxygen atoms in total. The third kappa shape index (κ3) is 2.41. The lowest BCUT2D eigenvalue weighted by Crippen LogP contribution is -2.37. The van der Waals surface area contributed by atoms with Gasteiger partial charge >= 0.3 is 0 Å². The third-order valence-corrected chi connectivity index (χ3v) is 3.35. The van der Waals surface area contributed by atoms with Gasteiger partial charge in [-0.25, -0.2) is 4.98 Å². The van der Waals surface area contributed by atoms with E-state index < -0.39 is 0 Å². The van der Waals surface area contributed by atoms with Crippen molar-refractivity contribution in [3.05, 3.63) is 18.7 Å². The molecule has 2 heterocycles. The van der Waals surface area contributed by atoms with E-state index in [2.05, 4.69) is 33.9 Å². The summed E-state index contributed by atoms with van der Waals surface area (Å²) >= 11 is 5.92. The van der Waals surface area contributed by atoms with Crippen LogP contribution in [0.15, 0.2) is 18.7 Å². The summed E-state index contributed by atoms with van der Waals surface area (Å²) in [6.45, 7) is 5.13. The molecule has 0 bridgehead atoms. The third-order valence-electron chi connectivity index (χ3n) is 3.18. The highest BCUT2D eigenvalue weighted by molar-refractivity contribution is 6.18. The van der Waals surface area contributed by atoms with Crippen LogP contribution in [-0.2, 0) is 0 Å². The van der Waals surface area contributed by atoms with Gasteiger partial charge in [-0.1, -0.05) is 13.8 Å². The first-order valence-electron chi connectivity index (χ1n) is 6.28. The van der Waals surface area contributed by atoms with E-state index in [0.29, 0.717) is 11.9 Å². The van der Waals surface area contributed by atoms with E-state index in [4.69, 9.17) is 11.6 Å². The molecule has 6 heteroatoms. The Labute approximate surface area is 112 Å². The van der Waals surface area contributed by atoms with Crippen LogP contribution in [0.25, 0.3) is 5.65 Å². The van der Waals surface area contributed by atoms with Gasteiger partial charge in [0.15, 0.2) is 5.82 Å². The van der Waals surface area contributed by atoms with Crippen molar-refractivity contribution >= 4 is 23.1 Å². The van der Waals surface area contributed by atoms with Crippen molar-refractivity contribution in [1.29, 1.82) is 0 Å². The largest absolute Gasteiger partial charge is 0.349 e. The molecule has 0 aromatic carbocycles. The molecular weight excluding hydrogens is 250 g/mol. The predicted molar refractivity (Wildman–Crippen MR) is 73.2 cm³/mol. The number of alkyl halides is 1. The highest BCUT2D eigenvalue weighted by atomic mass is 35.5. The monoisotopic (exact) mass is 267 g/mol. The van der Waals surface area contributed by atoms with E-state index in [-0.39, 0.29) is 0 Å². The van der Waals surface area contributed by atoms with Gasteiger partial charge in [0.2, 0.25) is 5.65 Å². The molecule has 98 valence electrons. The lowest BCUT2D eigenvalue weighted by atomic mass is 10.1. The molecule has 0 radical (unpaired) electrons. The molecule has 2 aromatic rings. The number of nitrogens with zero attached hydrogens (tertiary/aromatic N) is 5. The summed E-state index contributed by atoms with van der Waals surface area (Å²) in [5.74, 6) is 1.44. The normalized spacial score (nSPS) is 11.3. The Kier molecular flexibility index (Phi) is 4.36. The van der Waals surface area contributed by atoms with Gasteiger partial charge in [-0.3, -0.25) is 4.40 Å². The highest BCUT2D eigenvalue weighted by Crippen LogP contribution is 2.21. The van der Waals surface area contributed by atoms with Crippen LogP contribution < -0.4 is 4.90 Å². The molecule has 0 fully saturated rings. The van der Waals surface area contributed by atoms with E-state index in [0.717, 1.165) is 30.9 Å². The van der Waals surface area contributed by atoms with E-state index in [9.17, 15) is 0 Å². The number of hydrogen-bond donors (Lipinski definition) is 0.